The first-order chi connectivity index (χ1) is 18.4. The fourth-order valence-corrected chi connectivity index (χ4v) is 5.90. The van der Waals surface area contributed by atoms with Crippen LogP contribution in [0.15, 0.2) is 60.8 Å². The molecule has 2 aromatic heterocycles. The largest absolute Gasteiger partial charge is 0.454 e. The highest BCUT2D eigenvalue weighted by atomic mass is 35.5. The predicted molar refractivity (Wildman–Crippen MR) is 156 cm³/mol. The van der Waals surface area contributed by atoms with E-state index in [0.717, 1.165) is 41.8 Å². The van der Waals surface area contributed by atoms with Gasteiger partial charge in [0.15, 0.2) is 5.11 Å². The Kier molecular flexibility index (Phi) is 7.87. The quantitative estimate of drug-likeness (QED) is 0.266. The van der Waals surface area contributed by atoms with Crippen molar-refractivity contribution in [1.29, 1.82) is 0 Å². The van der Waals surface area contributed by atoms with Gasteiger partial charge in [-0.2, -0.15) is 0 Å². The number of amides is 2. The minimum Gasteiger partial charge on any atom is -0.454 e. The summed E-state index contributed by atoms with van der Waals surface area (Å²) in [5.74, 6) is 0.893. The molecule has 1 saturated heterocycles. The normalized spacial score (nSPS) is 12.9. The van der Waals surface area contributed by atoms with Crippen LogP contribution in [0.2, 0.25) is 5.02 Å². The van der Waals surface area contributed by atoms with E-state index in [4.69, 9.17) is 28.6 Å². The number of carbonyl (C=O) groups excluding carboxylic acids is 2. The zero-order valence-electron chi connectivity index (χ0n) is 20.6. The van der Waals surface area contributed by atoms with E-state index in [9.17, 15) is 9.59 Å². The van der Waals surface area contributed by atoms with Crippen LogP contribution >= 0.6 is 35.2 Å². The van der Waals surface area contributed by atoms with Crippen LogP contribution in [-0.4, -0.2) is 39.9 Å². The summed E-state index contributed by atoms with van der Waals surface area (Å²) in [6, 6.07) is 16.6. The maximum absolute atomic E-state index is 12.9. The highest BCUT2D eigenvalue weighted by molar-refractivity contribution is 7.80. The Bertz CT molecular complexity index is 1490. The summed E-state index contributed by atoms with van der Waals surface area (Å²) in [5, 5.41) is 6.26. The fourth-order valence-electron chi connectivity index (χ4n) is 4.33. The van der Waals surface area contributed by atoms with E-state index in [0.29, 0.717) is 32.6 Å². The van der Waals surface area contributed by atoms with Crippen molar-refractivity contribution in [2.24, 2.45) is 0 Å². The van der Waals surface area contributed by atoms with Crippen molar-refractivity contribution in [2.75, 3.05) is 18.4 Å². The molecule has 0 aliphatic carbocycles. The molecule has 1 aliphatic rings. The first-order valence-electron chi connectivity index (χ1n) is 12.2. The maximum Gasteiger partial charge on any atom is 0.264 e. The standard InChI is InChI=1S/C28H25ClN4O3S2/c1-17-13-19(31-28(37)32-24(34)14-18-7-3-2-4-8-18)15-20(29)25(17)36-22-9-10-30-21-16-23(38-26(21)22)27(35)33-11-5-6-12-33/h2-4,7-10,13,15-16H,5-6,11-12,14H2,1H3,(H2,31,32,34,37). The van der Waals surface area contributed by atoms with Crippen molar-refractivity contribution in [3.8, 4) is 11.5 Å². The molecule has 0 atom stereocenters. The van der Waals surface area contributed by atoms with E-state index >= 15 is 0 Å². The number of hydrogen-bond acceptors (Lipinski definition) is 6. The van der Waals surface area contributed by atoms with E-state index in [1.54, 1.807) is 18.3 Å². The Hall–Kier alpha value is -3.53. The van der Waals surface area contributed by atoms with E-state index < -0.39 is 0 Å². The number of thiophene rings is 1. The number of anilines is 1. The molecule has 0 unspecified atom stereocenters. The number of pyridine rings is 1. The summed E-state index contributed by atoms with van der Waals surface area (Å²) >= 11 is 13.3. The molecule has 2 amide bonds. The van der Waals surface area contributed by atoms with Crippen LogP contribution in [0.4, 0.5) is 5.69 Å². The van der Waals surface area contributed by atoms with Gasteiger partial charge in [-0.15, -0.1) is 11.3 Å². The van der Waals surface area contributed by atoms with Crippen molar-refractivity contribution in [1.82, 2.24) is 15.2 Å². The van der Waals surface area contributed by atoms with Gasteiger partial charge in [0, 0.05) is 31.0 Å². The Balaban J connectivity index is 1.28. The van der Waals surface area contributed by atoms with Crippen molar-refractivity contribution in [3.05, 3.63) is 81.8 Å². The molecule has 3 heterocycles. The fraction of sp³-hybridized carbons (Fsp3) is 0.214. The van der Waals surface area contributed by atoms with Gasteiger partial charge in [0.2, 0.25) is 5.91 Å². The number of nitrogens with zero attached hydrogens (tertiary/aromatic N) is 2. The summed E-state index contributed by atoms with van der Waals surface area (Å²) in [4.78, 5) is 32.2. The lowest BCUT2D eigenvalue weighted by Gasteiger charge is -2.15. The van der Waals surface area contributed by atoms with Crippen LogP contribution in [0.5, 0.6) is 11.5 Å². The number of thiocarbonyl (C=S) groups is 1. The van der Waals surface area contributed by atoms with Gasteiger partial charge < -0.3 is 20.3 Å². The van der Waals surface area contributed by atoms with Gasteiger partial charge in [-0.25, -0.2) is 0 Å². The van der Waals surface area contributed by atoms with Gasteiger partial charge in [0.25, 0.3) is 5.91 Å². The lowest BCUT2D eigenvalue weighted by atomic mass is 10.1. The number of aryl methyl sites for hydroxylation is 1. The second-order valence-electron chi connectivity index (χ2n) is 9.00. The molecule has 1 aliphatic heterocycles. The SMILES string of the molecule is Cc1cc(NC(=S)NC(=O)Cc2ccccc2)cc(Cl)c1Oc1ccnc2cc(C(=O)N3CCCC3)sc12. The second kappa shape index (κ2) is 11.5. The molecule has 7 nitrogen and oxygen atoms in total. The van der Waals surface area contributed by atoms with Crippen LogP contribution < -0.4 is 15.4 Å². The molecule has 10 heteroatoms. The Morgan fingerprint density at radius 2 is 1.89 bits per heavy atom. The molecular weight excluding hydrogens is 540 g/mol. The molecule has 5 rings (SSSR count). The smallest absolute Gasteiger partial charge is 0.264 e. The van der Waals surface area contributed by atoms with Crippen LogP contribution in [0, 0.1) is 6.92 Å². The van der Waals surface area contributed by atoms with Crippen molar-refractivity contribution in [3.63, 3.8) is 0 Å². The Morgan fingerprint density at radius 3 is 2.63 bits per heavy atom. The lowest BCUT2D eigenvalue weighted by molar-refractivity contribution is -0.119. The van der Waals surface area contributed by atoms with Crippen LogP contribution in [0.1, 0.15) is 33.6 Å². The van der Waals surface area contributed by atoms with Crippen LogP contribution in [0.3, 0.4) is 0 Å². The van der Waals surface area contributed by atoms with Gasteiger partial charge in [-0.3, -0.25) is 14.6 Å². The number of benzene rings is 2. The topological polar surface area (TPSA) is 83.6 Å². The van der Waals surface area contributed by atoms with Crippen LogP contribution in [0.25, 0.3) is 10.2 Å². The molecule has 0 bridgehead atoms. The van der Waals surface area contributed by atoms with Crippen molar-refractivity contribution >= 4 is 68.0 Å². The summed E-state index contributed by atoms with van der Waals surface area (Å²) in [7, 11) is 0. The maximum atomic E-state index is 12.9. The summed E-state index contributed by atoms with van der Waals surface area (Å²) < 4.78 is 7.03. The van der Waals surface area contributed by atoms with E-state index in [1.165, 1.54) is 11.3 Å². The number of hydrogen-bond donors (Lipinski definition) is 2. The number of rotatable bonds is 6. The number of carbonyl (C=O) groups is 2. The molecule has 194 valence electrons. The molecule has 38 heavy (non-hydrogen) atoms. The van der Waals surface area contributed by atoms with Crippen molar-refractivity contribution < 1.29 is 14.3 Å². The lowest BCUT2D eigenvalue weighted by Crippen LogP contribution is -2.35. The molecule has 0 radical (unpaired) electrons. The minimum atomic E-state index is -0.211. The van der Waals surface area contributed by atoms with Gasteiger partial charge in [0.1, 0.15) is 11.5 Å². The van der Waals surface area contributed by atoms with Crippen molar-refractivity contribution in [2.45, 2.75) is 26.2 Å². The third-order valence-electron chi connectivity index (χ3n) is 6.14. The molecule has 2 aromatic carbocycles. The summed E-state index contributed by atoms with van der Waals surface area (Å²) in [6.07, 6.45) is 3.96. The number of ether oxygens (including phenoxy) is 1. The minimum absolute atomic E-state index is 0.0351. The highest BCUT2D eigenvalue weighted by Crippen LogP contribution is 2.40. The zero-order chi connectivity index (χ0) is 26.6. The predicted octanol–water partition coefficient (Wildman–Crippen LogP) is 6.34. The number of aromatic nitrogens is 1. The second-order valence-corrected chi connectivity index (χ2v) is 10.9. The van der Waals surface area contributed by atoms with Gasteiger partial charge in [0.05, 0.1) is 26.5 Å². The van der Waals surface area contributed by atoms with E-state index in [2.05, 4.69) is 15.6 Å². The Labute approximate surface area is 234 Å². The van der Waals surface area contributed by atoms with Gasteiger partial charge >= 0.3 is 0 Å². The highest BCUT2D eigenvalue weighted by Gasteiger charge is 2.23. The molecule has 1 fully saturated rings. The number of fused-ring (bicyclic) bond motifs is 1. The van der Waals surface area contributed by atoms with E-state index in [1.807, 2.05) is 54.3 Å². The first-order valence-corrected chi connectivity index (χ1v) is 13.8. The number of halogens is 1. The number of likely N-dealkylation sites (tertiary alicyclic amines) is 1. The molecular formula is C28H25ClN4O3S2. The van der Waals surface area contributed by atoms with Gasteiger partial charge in [-0.1, -0.05) is 41.9 Å². The zero-order valence-corrected chi connectivity index (χ0v) is 23.0. The number of nitrogens with one attached hydrogen (secondary N) is 2. The van der Waals surface area contributed by atoms with Gasteiger partial charge in [-0.05, 0) is 61.3 Å². The molecule has 0 spiro atoms. The summed E-state index contributed by atoms with van der Waals surface area (Å²) in [6.45, 7) is 3.46. The van der Waals surface area contributed by atoms with E-state index in [-0.39, 0.29) is 23.3 Å². The summed E-state index contributed by atoms with van der Waals surface area (Å²) in [5.41, 5.74) is 3.00. The molecule has 4 aromatic rings. The monoisotopic (exact) mass is 564 g/mol. The Morgan fingerprint density at radius 1 is 1.13 bits per heavy atom. The third kappa shape index (κ3) is 5.96. The molecule has 2 N–H and O–H groups in total. The third-order valence-corrected chi connectivity index (χ3v) is 7.75. The average molecular weight is 565 g/mol. The van der Waals surface area contributed by atoms with Crippen LogP contribution in [-0.2, 0) is 11.2 Å². The first kappa shape index (κ1) is 26.1. The average Bonchev–Trinajstić information content (AvgIpc) is 3.57. The molecule has 0 saturated carbocycles.